The summed E-state index contributed by atoms with van der Waals surface area (Å²) in [5.74, 6) is -2.86. The molecule has 1 aromatic carbocycles. The molecule has 0 N–H and O–H groups in total. The molecular weight excluding hydrogens is 280 g/mol. The van der Waals surface area contributed by atoms with Gasteiger partial charge in [-0.15, -0.1) is 0 Å². The number of rotatable bonds is 6. The molecule has 4 nitrogen and oxygen atoms in total. The molecule has 0 spiro atoms. The van der Waals surface area contributed by atoms with E-state index in [2.05, 4.69) is 0 Å². The van der Waals surface area contributed by atoms with Crippen molar-refractivity contribution in [3.05, 3.63) is 34.4 Å². The zero-order valence-electron chi connectivity index (χ0n) is 14.1. The molecule has 0 aromatic heterocycles. The minimum Gasteiger partial charge on any atom is -0.466 e. The van der Waals surface area contributed by atoms with Gasteiger partial charge in [0.2, 0.25) is 11.6 Å². The number of hydrogen-bond acceptors (Lipinski definition) is 4. The number of benzene rings is 1. The van der Waals surface area contributed by atoms with Gasteiger partial charge in [-0.1, -0.05) is 31.5 Å². The molecule has 0 aliphatic rings. The van der Waals surface area contributed by atoms with Gasteiger partial charge < -0.3 is 4.74 Å². The molecule has 0 saturated carbocycles. The van der Waals surface area contributed by atoms with Gasteiger partial charge in [0.25, 0.3) is 0 Å². The van der Waals surface area contributed by atoms with E-state index in [4.69, 9.17) is 4.74 Å². The van der Waals surface area contributed by atoms with Gasteiger partial charge in [-0.25, -0.2) is 0 Å². The molecular formula is C18H24O4. The van der Waals surface area contributed by atoms with Gasteiger partial charge in [0.05, 0.1) is 12.5 Å². The molecule has 0 heterocycles. The Bertz CT molecular complexity index is 578. The molecule has 22 heavy (non-hydrogen) atoms. The van der Waals surface area contributed by atoms with Crippen LogP contribution in [0.15, 0.2) is 12.1 Å². The maximum Gasteiger partial charge on any atom is 0.309 e. The first-order valence-corrected chi connectivity index (χ1v) is 7.53. The summed E-state index contributed by atoms with van der Waals surface area (Å²) >= 11 is 0. The number of carbonyl (C=O) groups excluding carboxylic acids is 3. The van der Waals surface area contributed by atoms with Crippen LogP contribution in [0, 0.1) is 32.6 Å². The lowest BCUT2D eigenvalue weighted by Crippen LogP contribution is -2.32. The van der Waals surface area contributed by atoms with E-state index in [1.807, 2.05) is 32.9 Å². The SMILES string of the molecule is CCOC(=O)C(C)C(C)C(=O)C(=O)c1c(C)cc(C)cc1C. The number of hydrogen-bond donors (Lipinski definition) is 0. The molecule has 0 amide bonds. The van der Waals surface area contributed by atoms with Crippen LogP contribution in [-0.4, -0.2) is 24.1 Å². The summed E-state index contributed by atoms with van der Waals surface area (Å²) in [5, 5.41) is 0. The predicted octanol–water partition coefficient (Wildman–Crippen LogP) is 3.20. The third-order valence-corrected chi connectivity index (χ3v) is 3.95. The van der Waals surface area contributed by atoms with Crippen LogP contribution in [0.25, 0.3) is 0 Å². The summed E-state index contributed by atoms with van der Waals surface area (Å²) in [6.07, 6.45) is 0. The Morgan fingerprint density at radius 1 is 1.00 bits per heavy atom. The van der Waals surface area contributed by atoms with E-state index in [0.717, 1.165) is 16.7 Å². The van der Waals surface area contributed by atoms with Gasteiger partial charge in [0.15, 0.2) is 0 Å². The van der Waals surface area contributed by atoms with Crippen molar-refractivity contribution in [2.45, 2.75) is 41.5 Å². The molecule has 2 atom stereocenters. The molecule has 1 aromatic rings. The fourth-order valence-electron chi connectivity index (χ4n) is 2.57. The topological polar surface area (TPSA) is 60.4 Å². The van der Waals surface area contributed by atoms with Gasteiger partial charge in [-0.3, -0.25) is 14.4 Å². The summed E-state index contributed by atoms with van der Waals surface area (Å²) in [6, 6.07) is 3.76. The quantitative estimate of drug-likeness (QED) is 0.460. The van der Waals surface area contributed by atoms with Crippen LogP contribution in [0.3, 0.4) is 0 Å². The van der Waals surface area contributed by atoms with Crippen LogP contribution in [0.1, 0.15) is 47.8 Å². The van der Waals surface area contributed by atoms with Crippen LogP contribution in [0.4, 0.5) is 0 Å². The molecule has 0 fully saturated rings. The highest BCUT2D eigenvalue weighted by Crippen LogP contribution is 2.21. The minimum absolute atomic E-state index is 0.258. The lowest BCUT2D eigenvalue weighted by atomic mass is 9.85. The van der Waals surface area contributed by atoms with E-state index >= 15 is 0 Å². The summed E-state index contributed by atoms with van der Waals surface area (Å²) in [6.45, 7) is 10.8. The summed E-state index contributed by atoms with van der Waals surface area (Å²) in [5.41, 5.74) is 3.06. The van der Waals surface area contributed by atoms with Gasteiger partial charge in [0.1, 0.15) is 0 Å². The Balaban J connectivity index is 3.03. The average Bonchev–Trinajstić information content (AvgIpc) is 2.43. The van der Waals surface area contributed by atoms with Crippen molar-refractivity contribution < 1.29 is 19.1 Å². The van der Waals surface area contributed by atoms with E-state index in [0.29, 0.717) is 5.56 Å². The Hall–Kier alpha value is -1.97. The van der Waals surface area contributed by atoms with Crippen molar-refractivity contribution in [1.82, 2.24) is 0 Å². The summed E-state index contributed by atoms with van der Waals surface area (Å²) in [4.78, 5) is 36.7. The second-order valence-corrected chi connectivity index (χ2v) is 5.80. The molecule has 0 bridgehead atoms. The van der Waals surface area contributed by atoms with Crippen molar-refractivity contribution >= 4 is 17.5 Å². The fraction of sp³-hybridized carbons (Fsp3) is 0.500. The number of Topliss-reactive ketones (excluding diaryl/α,β-unsaturated/α-hetero) is 2. The van der Waals surface area contributed by atoms with Crippen LogP contribution < -0.4 is 0 Å². The predicted molar refractivity (Wildman–Crippen MR) is 85.0 cm³/mol. The lowest BCUT2D eigenvalue weighted by molar-refractivity contribution is -0.150. The van der Waals surface area contributed by atoms with Crippen LogP contribution in [-0.2, 0) is 14.3 Å². The van der Waals surface area contributed by atoms with Gasteiger partial charge in [0, 0.05) is 11.5 Å². The number of esters is 1. The Morgan fingerprint density at radius 3 is 1.95 bits per heavy atom. The monoisotopic (exact) mass is 304 g/mol. The summed E-state index contributed by atoms with van der Waals surface area (Å²) < 4.78 is 4.92. The summed E-state index contributed by atoms with van der Waals surface area (Å²) in [7, 11) is 0. The molecule has 2 unspecified atom stereocenters. The van der Waals surface area contributed by atoms with Gasteiger partial charge >= 0.3 is 5.97 Å². The van der Waals surface area contributed by atoms with Crippen molar-refractivity contribution in [1.29, 1.82) is 0 Å². The zero-order chi connectivity index (χ0) is 17.0. The third kappa shape index (κ3) is 3.81. The Kier molecular flexibility index (Phi) is 6.03. The molecule has 0 aliphatic heterocycles. The first-order valence-electron chi connectivity index (χ1n) is 7.53. The van der Waals surface area contributed by atoms with E-state index in [9.17, 15) is 14.4 Å². The highest BCUT2D eigenvalue weighted by molar-refractivity contribution is 6.45. The molecule has 0 aliphatic carbocycles. The van der Waals surface area contributed by atoms with Crippen LogP contribution in [0.5, 0.6) is 0 Å². The Labute approximate surface area is 131 Å². The minimum atomic E-state index is -0.702. The van der Waals surface area contributed by atoms with Gasteiger partial charge in [-0.05, 0) is 38.8 Å². The second-order valence-electron chi connectivity index (χ2n) is 5.80. The Morgan fingerprint density at radius 2 is 1.50 bits per heavy atom. The van der Waals surface area contributed by atoms with Crippen molar-refractivity contribution in [3.63, 3.8) is 0 Å². The van der Waals surface area contributed by atoms with E-state index in [1.165, 1.54) is 0 Å². The van der Waals surface area contributed by atoms with E-state index in [-0.39, 0.29) is 6.61 Å². The number of ketones is 2. The molecule has 0 radical (unpaired) electrons. The molecule has 1 rings (SSSR count). The number of aryl methyl sites for hydroxylation is 3. The maximum absolute atomic E-state index is 12.5. The first-order chi connectivity index (χ1) is 10.2. The smallest absolute Gasteiger partial charge is 0.309 e. The molecule has 0 saturated heterocycles. The molecule has 120 valence electrons. The maximum atomic E-state index is 12.5. The zero-order valence-corrected chi connectivity index (χ0v) is 14.1. The van der Waals surface area contributed by atoms with Crippen molar-refractivity contribution in [2.75, 3.05) is 6.61 Å². The van der Waals surface area contributed by atoms with Crippen LogP contribution >= 0.6 is 0 Å². The van der Waals surface area contributed by atoms with Gasteiger partial charge in [-0.2, -0.15) is 0 Å². The average molecular weight is 304 g/mol. The van der Waals surface area contributed by atoms with Crippen molar-refractivity contribution in [3.8, 4) is 0 Å². The third-order valence-electron chi connectivity index (χ3n) is 3.95. The number of carbonyl (C=O) groups is 3. The normalized spacial score (nSPS) is 13.4. The highest BCUT2D eigenvalue weighted by atomic mass is 16.5. The second kappa shape index (κ2) is 7.34. The van der Waals surface area contributed by atoms with Crippen LogP contribution in [0.2, 0.25) is 0 Å². The largest absolute Gasteiger partial charge is 0.466 e. The number of ether oxygens (including phenoxy) is 1. The van der Waals surface area contributed by atoms with Crippen molar-refractivity contribution in [2.24, 2.45) is 11.8 Å². The van der Waals surface area contributed by atoms with E-state index in [1.54, 1.807) is 20.8 Å². The lowest BCUT2D eigenvalue weighted by Gasteiger charge is -2.18. The van der Waals surface area contributed by atoms with E-state index < -0.39 is 29.4 Å². The molecule has 4 heteroatoms. The fourth-order valence-corrected chi connectivity index (χ4v) is 2.57. The highest BCUT2D eigenvalue weighted by Gasteiger charge is 2.32. The standard InChI is InChI=1S/C18H24O4/c1-7-22-18(21)14(6)13(5)16(19)17(20)15-11(3)8-10(2)9-12(15)4/h8-9,13-14H,7H2,1-6H3. The first kappa shape index (κ1) is 18.1.